The molecule has 0 unspecified atom stereocenters. The molecule has 1 amide bonds. The van der Waals surface area contributed by atoms with Crippen LogP contribution in [0.15, 0.2) is 17.3 Å². The van der Waals surface area contributed by atoms with Gasteiger partial charge in [0.05, 0.1) is 6.54 Å². The van der Waals surface area contributed by atoms with Crippen LogP contribution in [0.2, 0.25) is 0 Å². The first-order valence-electron chi connectivity index (χ1n) is 2.85. The average molecular weight is 139 g/mol. The fraction of sp³-hybridized carbons (Fsp3) is 0.200. The summed E-state index contributed by atoms with van der Waals surface area (Å²) in [5.74, 6) is 0. The summed E-state index contributed by atoms with van der Waals surface area (Å²) in [6.07, 6.45) is 2.95. The minimum absolute atomic E-state index is 0.326. The van der Waals surface area contributed by atoms with Crippen molar-refractivity contribution in [1.29, 1.82) is 0 Å². The van der Waals surface area contributed by atoms with Crippen LogP contribution >= 0.6 is 0 Å². The molecule has 0 radical (unpaired) electrons. The van der Waals surface area contributed by atoms with Gasteiger partial charge in [-0.3, -0.25) is 0 Å². The summed E-state index contributed by atoms with van der Waals surface area (Å²) in [4.78, 5) is 14.3. The van der Waals surface area contributed by atoms with E-state index in [4.69, 9.17) is 0 Å². The van der Waals surface area contributed by atoms with Gasteiger partial charge in [0.1, 0.15) is 0 Å². The highest BCUT2D eigenvalue weighted by atomic mass is 16.6. The van der Waals surface area contributed by atoms with Crippen LogP contribution in [-0.2, 0) is 4.74 Å². The average Bonchev–Trinajstić information content (AvgIpc) is 2.27. The van der Waals surface area contributed by atoms with E-state index in [1.807, 2.05) is 6.08 Å². The molecule has 2 rings (SSSR count). The lowest BCUT2D eigenvalue weighted by Gasteiger charge is -2.12. The number of nitrogens with zero attached hydrogens (tertiary/aromatic N) is 2. The lowest BCUT2D eigenvalue weighted by atomic mass is 10.5. The van der Waals surface area contributed by atoms with Gasteiger partial charge in [-0.05, 0) is 6.08 Å². The van der Waals surface area contributed by atoms with Crippen molar-refractivity contribution >= 4 is 12.1 Å². The Balaban J connectivity index is 2.26. The lowest BCUT2D eigenvalue weighted by Crippen LogP contribution is -2.36. The third-order valence-electron chi connectivity index (χ3n) is 1.22. The van der Waals surface area contributed by atoms with Crippen LogP contribution in [0, 0.1) is 0 Å². The summed E-state index contributed by atoms with van der Waals surface area (Å²) in [6.45, 7) is 0.616. The molecule has 0 aromatic carbocycles. The third kappa shape index (κ3) is 0.637. The number of hydrogen-bond donors (Lipinski definition) is 1. The number of amidine groups is 1. The number of amides is 1. The normalized spacial score (nSPS) is 21.4. The van der Waals surface area contributed by atoms with Gasteiger partial charge in [-0.2, -0.15) is 0 Å². The number of hydrazine groups is 1. The lowest BCUT2D eigenvalue weighted by molar-refractivity contribution is 0.205. The number of fused-ring (bicyclic) bond motifs is 1. The fourth-order valence-electron chi connectivity index (χ4n) is 0.808. The van der Waals surface area contributed by atoms with E-state index in [2.05, 4.69) is 15.2 Å². The van der Waals surface area contributed by atoms with Crippen molar-refractivity contribution in [3.63, 3.8) is 0 Å². The van der Waals surface area contributed by atoms with Crippen LogP contribution in [0.1, 0.15) is 0 Å². The zero-order valence-corrected chi connectivity index (χ0v) is 5.07. The SMILES string of the molecule is O=C1NN2CC=CN=C2O1. The molecular weight excluding hydrogens is 134 g/mol. The Bertz CT molecular complexity index is 233. The molecule has 2 aliphatic rings. The van der Waals surface area contributed by atoms with Gasteiger partial charge in [0, 0.05) is 6.20 Å². The van der Waals surface area contributed by atoms with Crippen LogP contribution in [0.4, 0.5) is 4.79 Å². The first-order chi connectivity index (χ1) is 4.86. The molecule has 5 heteroatoms. The summed E-state index contributed by atoms with van der Waals surface area (Å²) in [7, 11) is 0. The highest BCUT2D eigenvalue weighted by Crippen LogP contribution is 2.04. The van der Waals surface area contributed by atoms with Crippen molar-refractivity contribution in [1.82, 2.24) is 10.4 Å². The number of rotatable bonds is 0. The largest absolute Gasteiger partial charge is 0.434 e. The van der Waals surface area contributed by atoms with Gasteiger partial charge in [0.25, 0.3) is 0 Å². The van der Waals surface area contributed by atoms with Crippen molar-refractivity contribution in [2.45, 2.75) is 0 Å². The zero-order chi connectivity index (χ0) is 6.97. The molecule has 0 bridgehead atoms. The minimum Gasteiger partial charge on any atom is -0.373 e. The van der Waals surface area contributed by atoms with Crippen molar-refractivity contribution in [3.8, 4) is 0 Å². The predicted molar refractivity (Wildman–Crippen MR) is 32.9 cm³/mol. The summed E-state index contributed by atoms with van der Waals surface area (Å²) < 4.78 is 4.64. The molecule has 1 saturated heterocycles. The molecule has 0 spiro atoms. The van der Waals surface area contributed by atoms with E-state index in [-0.39, 0.29) is 0 Å². The van der Waals surface area contributed by atoms with E-state index >= 15 is 0 Å². The third-order valence-corrected chi connectivity index (χ3v) is 1.22. The van der Waals surface area contributed by atoms with Gasteiger partial charge in [0.15, 0.2) is 0 Å². The maximum atomic E-state index is 10.5. The van der Waals surface area contributed by atoms with E-state index in [1.165, 1.54) is 5.01 Å². The van der Waals surface area contributed by atoms with Gasteiger partial charge < -0.3 is 4.74 Å². The van der Waals surface area contributed by atoms with E-state index in [1.54, 1.807) is 6.20 Å². The number of carbonyl (C=O) groups is 1. The van der Waals surface area contributed by atoms with Gasteiger partial charge in [0.2, 0.25) is 0 Å². The number of hydrogen-bond acceptors (Lipinski definition) is 4. The highest BCUT2D eigenvalue weighted by Gasteiger charge is 2.26. The quantitative estimate of drug-likeness (QED) is 0.506. The van der Waals surface area contributed by atoms with Crippen molar-refractivity contribution in [3.05, 3.63) is 12.3 Å². The van der Waals surface area contributed by atoms with E-state index in [0.717, 1.165) is 0 Å². The fourth-order valence-corrected chi connectivity index (χ4v) is 0.808. The zero-order valence-electron chi connectivity index (χ0n) is 5.07. The summed E-state index contributed by atoms with van der Waals surface area (Å²) in [5.41, 5.74) is 2.45. The summed E-state index contributed by atoms with van der Waals surface area (Å²) >= 11 is 0. The molecule has 10 heavy (non-hydrogen) atoms. The standard InChI is InChI=1S/C5H5N3O2/c9-5-7-8-3-1-2-6-4(8)10-5/h1-2H,3H2,(H,7,9). The van der Waals surface area contributed by atoms with Crippen LogP contribution < -0.4 is 5.43 Å². The van der Waals surface area contributed by atoms with Crippen LogP contribution in [0.25, 0.3) is 0 Å². The first-order valence-corrected chi connectivity index (χ1v) is 2.85. The Hall–Kier alpha value is -1.52. The van der Waals surface area contributed by atoms with Gasteiger partial charge >= 0.3 is 12.1 Å². The Morgan fingerprint density at radius 1 is 1.80 bits per heavy atom. The number of nitrogens with one attached hydrogen (secondary N) is 1. The van der Waals surface area contributed by atoms with Crippen molar-refractivity contribution < 1.29 is 9.53 Å². The highest BCUT2D eigenvalue weighted by molar-refractivity contribution is 5.92. The molecule has 1 fully saturated rings. The molecule has 52 valence electrons. The van der Waals surface area contributed by atoms with Gasteiger partial charge in [-0.25, -0.2) is 20.2 Å². The van der Waals surface area contributed by atoms with Crippen LogP contribution in [-0.4, -0.2) is 23.7 Å². The van der Waals surface area contributed by atoms with E-state index < -0.39 is 6.09 Å². The molecule has 2 heterocycles. The summed E-state index contributed by atoms with van der Waals surface area (Å²) in [6, 6.07) is 0.326. The predicted octanol–water partition coefficient (Wildman–Crippen LogP) is -0.173. The second-order valence-corrected chi connectivity index (χ2v) is 1.91. The van der Waals surface area contributed by atoms with Gasteiger partial charge in [-0.1, -0.05) is 0 Å². The first kappa shape index (κ1) is 5.28. The number of ether oxygens (including phenoxy) is 1. The van der Waals surface area contributed by atoms with Crippen LogP contribution in [0.5, 0.6) is 0 Å². The Morgan fingerprint density at radius 3 is 3.50 bits per heavy atom. The molecule has 5 nitrogen and oxygen atoms in total. The van der Waals surface area contributed by atoms with Crippen molar-refractivity contribution in [2.24, 2.45) is 4.99 Å². The Labute approximate surface area is 56.9 Å². The monoisotopic (exact) mass is 139 g/mol. The van der Waals surface area contributed by atoms with Gasteiger partial charge in [-0.15, -0.1) is 0 Å². The van der Waals surface area contributed by atoms with E-state index in [0.29, 0.717) is 12.6 Å². The second kappa shape index (κ2) is 1.73. The molecule has 0 aromatic rings. The van der Waals surface area contributed by atoms with Crippen LogP contribution in [0.3, 0.4) is 0 Å². The Kier molecular flexibility index (Phi) is 0.913. The van der Waals surface area contributed by atoms with E-state index in [9.17, 15) is 4.79 Å². The number of carbonyl (C=O) groups excluding carboxylic acids is 1. The smallest absolute Gasteiger partial charge is 0.373 e. The van der Waals surface area contributed by atoms with Crippen molar-refractivity contribution in [2.75, 3.05) is 6.54 Å². The number of aliphatic imine (C=N–C) groups is 1. The molecule has 0 aromatic heterocycles. The molecule has 0 saturated carbocycles. The molecule has 0 aliphatic carbocycles. The molecular formula is C5H5N3O2. The molecule has 2 aliphatic heterocycles. The molecule has 0 atom stereocenters. The second-order valence-electron chi connectivity index (χ2n) is 1.91. The maximum absolute atomic E-state index is 10.5. The topological polar surface area (TPSA) is 53.9 Å². The Morgan fingerprint density at radius 2 is 2.70 bits per heavy atom. The minimum atomic E-state index is -0.470. The molecule has 1 N–H and O–H groups in total. The summed E-state index contributed by atoms with van der Waals surface area (Å²) in [5, 5.41) is 1.53. The maximum Gasteiger partial charge on any atom is 0.434 e.